The average molecular weight is 1080 g/mol. The van der Waals surface area contributed by atoms with Crippen LogP contribution in [0, 0.1) is 0 Å². The Labute approximate surface area is 490 Å². The van der Waals surface area contributed by atoms with Crippen LogP contribution in [0.4, 0.5) is 11.4 Å². The normalized spacial score (nSPS) is 12.2. The highest BCUT2D eigenvalue weighted by Crippen LogP contribution is 2.24. The molecule has 0 aromatic heterocycles. The van der Waals surface area contributed by atoms with E-state index in [1.165, 1.54) is 363 Å². The Hall–Kier alpha value is -2.22. The number of hydrogen-bond acceptors (Lipinski definition) is 2. The van der Waals surface area contributed by atoms with Crippen molar-refractivity contribution in [2.24, 2.45) is 9.98 Å². The van der Waals surface area contributed by atoms with Crippen LogP contribution in [0.25, 0.3) is 0 Å². The van der Waals surface area contributed by atoms with E-state index in [1.807, 2.05) is 0 Å². The van der Waals surface area contributed by atoms with Gasteiger partial charge >= 0.3 is 0 Å². The van der Waals surface area contributed by atoms with Gasteiger partial charge in [-0.05, 0) is 86.8 Å². The number of rotatable bonds is 61. The Morgan fingerprint density at radius 2 is 0.436 bits per heavy atom. The maximum absolute atomic E-state index is 5.46. The molecule has 0 N–H and O–H groups in total. The molecule has 0 unspecified atom stereocenters. The largest absolute Gasteiger partial charge is 0.252 e. The van der Waals surface area contributed by atoms with Gasteiger partial charge in [0.2, 0.25) is 0 Å². The maximum Gasteiger partial charge on any atom is 0.0636 e. The summed E-state index contributed by atoms with van der Waals surface area (Å²) in [5.41, 5.74) is 7.57. The second-order valence-electron chi connectivity index (χ2n) is 25.1. The van der Waals surface area contributed by atoms with Crippen molar-refractivity contribution in [3.05, 3.63) is 59.7 Å². The number of aliphatic imine (C=N–C) groups is 2. The zero-order valence-electron chi connectivity index (χ0n) is 53.5. The fraction of sp³-hybridized carbons (Fsp3) is 0.816. The molecule has 0 spiro atoms. The molecule has 0 bridgehead atoms. The molecular weight excluding hydrogens is 941 g/mol. The molecule has 2 heteroatoms. The second-order valence-corrected chi connectivity index (χ2v) is 25.1. The summed E-state index contributed by atoms with van der Waals surface area (Å²) in [5, 5.41) is 0. The van der Waals surface area contributed by atoms with Crippen LogP contribution in [-0.4, -0.2) is 11.4 Å². The van der Waals surface area contributed by atoms with Crippen LogP contribution in [0.1, 0.15) is 398 Å². The molecule has 0 aliphatic heterocycles. The average Bonchev–Trinajstić information content (AvgIpc) is 3.46. The fourth-order valence-electron chi connectivity index (χ4n) is 12.1. The first-order valence-electron chi connectivity index (χ1n) is 36.0. The van der Waals surface area contributed by atoms with Gasteiger partial charge in [0.1, 0.15) is 0 Å². The van der Waals surface area contributed by atoms with E-state index in [2.05, 4.69) is 76.2 Å². The van der Waals surface area contributed by atoms with E-state index >= 15 is 0 Å². The monoisotopic (exact) mass is 1080 g/mol. The van der Waals surface area contributed by atoms with Gasteiger partial charge in [0.25, 0.3) is 0 Å². The van der Waals surface area contributed by atoms with Gasteiger partial charge in [-0.25, -0.2) is 0 Å². The summed E-state index contributed by atoms with van der Waals surface area (Å²) in [6.45, 7) is 9.25. The van der Waals surface area contributed by atoms with Crippen molar-refractivity contribution in [3.8, 4) is 0 Å². The predicted octanol–water partition coefficient (Wildman–Crippen LogP) is 27.5. The van der Waals surface area contributed by atoms with Crippen molar-refractivity contribution in [1.82, 2.24) is 0 Å². The quantitative estimate of drug-likeness (QED) is 0.0466. The molecule has 2 aromatic carbocycles. The molecule has 0 heterocycles. The van der Waals surface area contributed by atoms with E-state index in [9.17, 15) is 0 Å². The van der Waals surface area contributed by atoms with Gasteiger partial charge in [-0.3, -0.25) is 9.98 Å². The molecule has 2 rings (SSSR count). The molecule has 0 fully saturated rings. The highest BCUT2D eigenvalue weighted by Gasteiger charge is 2.12. The van der Waals surface area contributed by atoms with Gasteiger partial charge in [0, 0.05) is 0 Å². The van der Waals surface area contributed by atoms with Gasteiger partial charge in [-0.1, -0.05) is 373 Å². The molecule has 0 amide bonds. The van der Waals surface area contributed by atoms with Crippen molar-refractivity contribution < 1.29 is 0 Å². The summed E-state index contributed by atoms with van der Waals surface area (Å²) >= 11 is 0. The Morgan fingerprint density at radius 3 is 0.679 bits per heavy atom. The molecule has 78 heavy (non-hydrogen) atoms. The minimum Gasteiger partial charge on any atom is -0.252 e. The van der Waals surface area contributed by atoms with E-state index in [0.29, 0.717) is 0 Å². The number of hydrogen-bond donors (Lipinski definition) is 0. The Kier molecular flexibility index (Phi) is 53.4. The number of aryl methyl sites for hydroxylation is 2. The number of benzene rings is 2. The summed E-state index contributed by atoms with van der Waals surface area (Å²) in [4.78, 5) is 10.9. The SMILES string of the molecule is CCCCCCCCCCCCCCCCCCCCCCCCCCc1cccc(N=C(CCCC)C(CCCCCC)=Nc2cccc(CCCCCCCCCCCCCCCCCCCCCCCCCC)c2)c1. The summed E-state index contributed by atoms with van der Waals surface area (Å²) < 4.78 is 0. The summed E-state index contributed by atoms with van der Waals surface area (Å²) in [6, 6.07) is 18.4. The van der Waals surface area contributed by atoms with Crippen LogP contribution in [-0.2, 0) is 12.8 Å². The number of unbranched alkanes of at least 4 members (excludes halogenated alkanes) is 50. The first-order valence-corrected chi connectivity index (χ1v) is 36.0. The maximum atomic E-state index is 5.46. The van der Waals surface area contributed by atoms with E-state index in [0.717, 1.165) is 43.5 Å². The van der Waals surface area contributed by atoms with Crippen molar-refractivity contribution in [2.45, 2.75) is 400 Å². The summed E-state index contributed by atoms with van der Waals surface area (Å²) in [5.74, 6) is 0. The molecule has 0 atom stereocenters. The topological polar surface area (TPSA) is 24.7 Å². The third-order valence-electron chi connectivity index (χ3n) is 17.4. The predicted molar refractivity (Wildman–Crippen MR) is 356 cm³/mol. The third kappa shape index (κ3) is 46.4. The third-order valence-corrected chi connectivity index (χ3v) is 17.4. The van der Waals surface area contributed by atoms with Gasteiger partial charge < -0.3 is 0 Å². The van der Waals surface area contributed by atoms with Gasteiger partial charge in [0.05, 0.1) is 22.8 Å². The lowest BCUT2D eigenvalue weighted by molar-refractivity contribution is 0.517. The van der Waals surface area contributed by atoms with Crippen LogP contribution in [0.2, 0.25) is 0 Å². The Morgan fingerprint density at radius 1 is 0.231 bits per heavy atom. The molecule has 0 saturated heterocycles. The van der Waals surface area contributed by atoms with Crippen molar-refractivity contribution in [2.75, 3.05) is 0 Å². The zero-order valence-corrected chi connectivity index (χ0v) is 53.5. The second kappa shape index (κ2) is 58.0. The minimum absolute atomic E-state index is 1.01. The lowest BCUT2D eigenvalue weighted by Crippen LogP contribution is -2.14. The minimum atomic E-state index is 1.01. The summed E-state index contributed by atoms with van der Waals surface area (Å²) in [6.07, 6.45) is 80.9. The van der Waals surface area contributed by atoms with Gasteiger partial charge in [-0.15, -0.1) is 0 Å². The van der Waals surface area contributed by atoms with Crippen LogP contribution in [0.3, 0.4) is 0 Å². The van der Waals surface area contributed by atoms with Crippen molar-refractivity contribution in [3.63, 3.8) is 0 Å². The first-order chi connectivity index (χ1) is 38.7. The van der Waals surface area contributed by atoms with E-state index in [-0.39, 0.29) is 0 Å². The highest BCUT2D eigenvalue weighted by molar-refractivity contribution is 6.43. The van der Waals surface area contributed by atoms with Crippen LogP contribution >= 0.6 is 0 Å². The van der Waals surface area contributed by atoms with E-state index in [1.54, 1.807) is 0 Å². The summed E-state index contributed by atoms with van der Waals surface area (Å²) in [7, 11) is 0. The van der Waals surface area contributed by atoms with E-state index < -0.39 is 0 Å². The molecule has 2 nitrogen and oxygen atoms in total. The van der Waals surface area contributed by atoms with Crippen molar-refractivity contribution in [1.29, 1.82) is 0 Å². The van der Waals surface area contributed by atoms with Crippen LogP contribution in [0.15, 0.2) is 58.5 Å². The molecule has 450 valence electrons. The molecule has 0 radical (unpaired) electrons. The molecule has 2 aromatic rings. The van der Waals surface area contributed by atoms with Crippen LogP contribution in [0.5, 0.6) is 0 Å². The fourth-order valence-corrected chi connectivity index (χ4v) is 12.1. The van der Waals surface area contributed by atoms with Crippen molar-refractivity contribution >= 4 is 22.8 Å². The highest BCUT2D eigenvalue weighted by atomic mass is 14.8. The standard InChI is InChI=1S/C76H136N2/c1-5-9-13-16-18-20-22-24-26-28-30-32-34-36-38-40-42-44-46-48-50-52-54-56-61-71-63-59-65-73(69-71)77-75(67-12-8-4)76(68-58-15-11-7-3)78-74-66-60-64-72(70-74)62-57-55-53-51-49-47-45-43-41-39-37-35-33-31-29-27-25-23-21-19-17-14-10-6-2/h59-60,63-66,69-70H,5-58,61-62,67-68H2,1-4H3. The lowest BCUT2D eigenvalue weighted by Gasteiger charge is -2.12. The van der Waals surface area contributed by atoms with Gasteiger partial charge in [0.15, 0.2) is 0 Å². The smallest absolute Gasteiger partial charge is 0.0636 e. The Balaban J connectivity index is 1.63. The lowest BCUT2D eigenvalue weighted by atomic mass is 10.0. The van der Waals surface area contributed by atoms with E-state index in [4.69, 9.17) is 9.98 Å². The molecule has 0 aliphatic rings. The molecule has 0 saturated carbocycles. The number of nitrogens with zero attached hydrogens (tertiary/aromatic N) is 2. The molecule has 0 aliphatic carbocycles. The van der Waals surface area contributed by atoms with Gasteiger partial charge in [-0.2, -0.15) is 0 Å². The first kappa shape index (κ1) is 71.9. The zero-order chi connectivity index (χ0) is 55.5. The Bertz CT molecular complexity index is 1590. The molecular formula is C76H136N2. The van der Waals surface area contributed by atoms with Crippen LogP contribution < -0.4 is 0 Å².